The molecule has 0 saturated heterocycles. The van der Waals surface area contributed by atoms with Crippen molar-refractivity contribution in [2.24, 2.45) is 5.41 Å². The van der Waals surface area contributed by atoms with Crippen LogP contribution in [0.3, 0.4) is 0 Å². The van der Waals surface area contributed by atoms with Crippen LogP contribution in [0.2, 0.25) is 0 Å². The van der Waals surface area contributed by atoms with Gasteiger partial charge in [-0.25, -0.2) is 4.98 Å². The fourth-order valence-electron chi connectivity index (χ4n) is 2.04. The van der Waals surface area contributed by atoms with Gasteiger partial charge in [-0.3, -0.25) is 0 Å². The Labute approximate surface area is 101 Å². The molecular weight excluding hydrogens is 218 g/mol. The number of hydrogen-bond donors (Lipinski definition) is 2. The zero-order valence-electron chi connectivity index (χ0n) is 10.7. The van der Waals surface area contributed by atoms with Gasteiger partial charge in [0.25, 0.3) is 0 Å². The maximum atomic E-state index is 9.68. The molecule has 1 aromatic heterocycles. The molecule has 1 aliphatic carbocycles. The summed E-state index contributed by atoms with van der Waals surface area (Å²) in [5.41, 5.74) is -0.119. The topological polar surface area (TPSA) is 67.3 Å². The highest BCUT2D eigenvalue weighted by atomic mass is 16.5. The number of aromatic nitrogens is 2. The van der Waals surface area contributed by atoms with E-state index in [4.69, 9.17) is 4.74 Å². The minimum Gasteiger partial charge on any atom is -0.481 e. The van der Waals surface area contributed by atoms with Gasteiger partial charge >= 0.3 is 0 Å². The zero-order chi connectivity index (χ0) is 12.6. The first-order valence-corrected chi connectivity index (χ1v) is 5.77. The van der Waals surface area contributed by atoms with Crippen molar-refractivity contribution in [1.82, 2.24) is 9.97 Å². The second-order valence-corrected chi connectivity index (χ2v) is 5.11. The summed E-state index contributed by atoms with van der Waals surface area (Å²) in [5, 5.41) is 13.0. The van der Waals surface area contributed by atoms with E-state index in [0.717, 1.165) is 12.2 Å². The molecule has 2 unspecified atom stereocenters. The van der Waals surface area contributed by atoms with E-state index in [-0.39, 0.29) is 17.6 Å². The van der Waals surface area contributed by atoms with Crippen LogP contribution in [0.25, 0.3) is 0 Å². The van der Waals surface area contributed by atoms with Crippen LogP contribution in [0.15, 0.2) is 6.07 Å². The summed E-state index contributed by atoms with van der Waals surface area (Å²) in [6, 6.07) is 2.00. The molecule has 2 atom stereocenters. The summed E-state index contributed by atoms with van der Waals surface area (Å²) in [6.45, 7) is 5.92. The Balaban J connectivity index is 2.12. The van der Waals surface area contributed by atoms with Crippen molar-refractivity contribution in [3.63, 3.8) is 0 Å². The molecule has 1 fully saturated rings. The molecule has 17 heavy (non-hydrogen) atoms. The molecule has 1 saturated carbocycles. The number of anilines is 1. The van der Waals surface area contributed by atoms with Crippen LogP contribution in [-0.2, 0) is 0 Å². The van der Waals surface area contributed by atoms with E-state index in [1.54, 1.807) is 13.2 Å². The van der Waals surface area contributed by atoms with Crippen molar-refractivity contribution >= 4 is 5.82 Å². The lowest BCUT2D eigenvalue weighted by Crippen LogP contribution is -2.57. The molecule has 0 amide bonds. The van der Waals surface area contributed by atoms with E-state index in [1.807, 2.05) is 20.8 Å². The molecule has 1 aromatic rings. The standard InChI is InChI=1S/C12H19N3O2/c1-7-13-10(6-11(14-7)17-4)15-8-5-9(16)12(8,2)3/h6,8-9,16H,5H2,1-4H3,(H,13,14,15). The van der Waals surface area contributed by atoms with Gasteiger partial charge in [0, 0.05) is 17.5 Å². The molecule has 0 spiro atoms. The predicted molar refractivity (Wildman–Crippen MR) is 65.1 cm³/mol. The van der Waals surface area contributed by atoms with Crippen LogP contribution < -0.4 is 10.1 Å². The molecule has 0 aliphatic heterocycles. The van der Waals surface area contributed by atoms with Gasteiger partial charge < -0.3 is 15.2 Å². The molecule has 0 radical (unpaired) electrons. The molecule has 1 heterocycles. The largest absolute Gasteiger partial charge is 0.481 e. The average molecular weight is 237 g/mol. The van der Waals surface area contributed by atoms with Gasteiger partial charge in [-0.1, -0.05) is 13.8 Å². The lowest BCUT2D eigenvalue weighted by molar-refractivity contribution is -0.0511. The number of aliphatic hydroxyl groups excluding tert-OH is 1. The third-order valence-corrected chi connectivity index (χ3v) is 3.56. The van der Waals surface area contributed by atoms with Crippen molar-refractivity contribution in [2.75, 3.05) is 12.4 Å². The fourth-order valence-corrected chi connectivity index (χ4v) is 2.04. The number of nitrogens with zero attached hydrogens (tertiary/aromatic N) is 2. The highest BCUT2D eigenvalue weighted by Gasteiger charge is 2.47. The fraction of sp³-hybridized carbons (Fsp3) is 0.667. The van der Waals surface area contributed by atoms with Gasteiger partial charge in [0.2, 0.25) is 5.88 Å². The van der Waals surface area contributed by atoms with E-state index < -0.39 is 0 Å². The highest BCUT2D eigenvalue weighted by molar-refractivity contribution is 5.41. The number of aryl methyl sites for hydroxylation is 1. The van der Waals surface area contributed by atoms with Gasteiger partial charge in [0.15, 0.2) is 0 Å². The number of methoxy groups -OCH3 is 1. The van der Waals surface area contributed by atoms with Gasteiger partial charge in [-0.15, -0.1) is 0 Å². The number of rotatable bonds is 3. The molecule has 0 bridgehead atoms. The SMILES string of the molecule is COc1cc(NC2CC(O)C2(C)C)nc(C)n1. The monoisotopic (exact) mass is 237 g/mol. The molecule has 1 aliphatic rings. The van der Waals surface area contributed by atoms with Gasteiger partial charge in [0.1, 0.15) is 11.6 Å². The van der Waals surface area contributed by atoms with Crippen LogP contribution >= 0.6 is 0 Å². The molecule has 94 valence electrons. The first-order valence-electron chi connectivity index (χ1n) is 5.77. The first kappa shape index (κ1) is 12.1. The summed E-state index contributed by atoms with van der Waals surface area (Å²) < 4.78 is 5.10. The molecule has 0 aromatic carbocycles. The van der Waals surface area contributed by atoms with Crippen molar-refractivity contribution in [3.05, 3.63) is 11.9 Å². The van der Waals surface area contributed by atoms with E-state index in [1.165, 1.54) is 0 Å². The first-order chi connectivity index (χ1) is 7.93. The van der Waals surface area contributed by atoms with Gasteiger partial charge in [-0.2, -0.15) is 4.98 Å². The van der Waals surface area contributed by atoms with Crippen LogP contribution in [0, 0.1) is 12.3 Å². The smallest absolute Gasteiger partial charge is 0.218 e. The highest BCUT2D eigenvalue weighted by Crippen LogP contribution is 2.42. The summed E-state index contributed by atoms with van der Waals surface area (Å²) >= 11 is 0. The van der Waals surface area contributed by atoms with Crippen molar-refractivity contribution in [3.8, 4) is 5.88 Å². The quantitative estimate of drug-likeness (QED) is 0.831. The number of ether oxygens (including phenoxy) is 1. The second-order valence-electron chi connectivity index (χ2n) is 5.11. The van der Waals surface area contributed by atoms with Crippen LogP contribution in [0.5, 0.6) is 5.88 Å². The molecule has 2 rings (SSSR count). The van der Waals surface area contributed by atoms with Gasteiger partial charge in [-0.05, 0) is 13.3 Å². The van der Waals surface area contributed by atoms with Crippen molar-refractivity contribution in [1.29, 1.82) is 0 Å². The number of hydrogen-bond acceptors (Lipinski definition) is 5. The van der Waals surface area contributed by atoms with Gasteiger partial charge in [0.05, 0.1) is 13.2 Å². The van der Waals surface area contributed by atoms with Crippen molar-refractivity contribution in [2.45, 2.75) is 39.3 Å². The Kier molecular flexibility index (Phi) is 2.95. The van der Waals surface area contributed by atoms with E-state index in [0.29, 0.717) is 11.7 Å². The van der Waals surface area contributed by atoms with Crippen molar-refractivity contribution < 1.29 is 9.84 Å². The Morgan fingerprint density at radius 3 is 2.71 bits per heavy atom. The summed E-state index contributed by atoms with van der Waals surface area (Å²) in [4.78, 5) is 8.44. The minimum absolute atomic E-state index is 0.119. The Morgan fingerprint density at radius 2 is 2.18 bits per heavy atom. The predicted octanol–water partition coefficient (Wildman–Crippen LogP) is 1.36. The Bertz CT molecular complexity index is 420. The summed E-state index contributed by atoms with van der Waals surface area (Å²) in [5.74, 6) is 1.97. The molecular formula is C12H19N3O2. The number of aliphatic hydroxyl groups is 1. The van der Waals surface area contributed by atoms with E-state index >= 15 is 0 Å². The lowest BCUT2D eigenvalue weighted by atomic mass is 9.64. The van der Waals surface area contributed by atoms with E-state index in [2.05, 4.69) is 15.3 Å². The molecule has 2 N–H and O–H groups in total. The summed E-state index contributed by atoms with van der Waals surface area (Å²) in [6.07, 6.45) is 0.503. The van der Waals surface area contributed by atoms with Crippen LogP contribution in [-0.4, -0.2) is 34.3 Å². The van der Waals surface area contributed by atoms with Crippen LogP contribution in [0.4, 0.5) is 5.82 Å². The minimum atomic E-state index is -0.246. The third-order valence-electron chi connectivity index (χ3n) is 3.56. The Morgan fingerprint density at radius 1 is 1.47 bits per heavy atom. The third kappa shape index (κ3) is 2.20. The zero-order valence-corrected chi connectivity index (χ0v) is 10.7. The average Bonchev–Trinajstić information content (AvgIpc) is 2.28. The molecule has 5 nitrogen and oxygen atoms in total. The number of nitrogens with one attached hydrogen (secondary N) is 1. The molecule has 5 heteroatoms. The van der Waals surface area contributed by atoms with E-state index in [9.17, 15) is 5.11 Å². The normalized spacial score (nSPS) is 26.2. The summed E-state index contributed by atoms with van der Waals surface area (Å²) in [7, 11) is 1.59. The maximum Gasteiger partial charge on any atom is 0.218 e. The maximum absolute atomic E-state index is 9.68. The van der Waals surface area contributed by atoms with Crippen LogP contribution in [0.1, 0.15) is 26.1 Å². The second kappa shape index (κ2) is 4.14. The lowest BCUT2D eigenvalue weighted by Gasteiger charge is -2.49. The Hall–Kier alpha value is -1.36.